The Kier molecular flexibility index (Phi) is 4.89. The van der Waals surface area contributed by atoms with Crippen molar-refractivity contribution in [2.75, 3.05) is 0 Å². The topological polar surface area (TPSA) is 51.2 Å². The van der Waals surface area contributed by atoms with Crippen molar-refractivity contribution in [2.45, 2.75) is 39.3 Å². The lowest BCUT2D eigenvalue weighted by molar-refractivity contribution is 0.0523. The van der Waals surface area contributed by atoms with E-state index in [0.29, 0.717) is 6.54 Å². The molecule has 18 heavy (non-hydrogen) atoms. The summed E-state index contributed by atoms with van der Waals surface area (Å²) in [5, 5.41) is 2.70. The molecule has 0 bridgehead atoms. The van der Waals surface area contributed by atoms with Gasteiger partial charge in [0.2, 0.25) is 0 Å². The lowest BCUT2D eigenvalue weighted by atomic mass is 10.1. The summed E-state index contributed by atoms with van der Waals surface area (Å²) in [6.07, 6.45) is 5.69. The van der Waals surface area contributed by atoms with E-state index < -0.39 is 11.7 Å². The fourth-order valence-electron chi connectivity index (χ4n) is 1.40. The summed E-state index contributed by atoms with van der Waals surface area (Å²) in [7, 11) is 0. The lowest BCUT2D eigenvalue weighted by Gasteiger charge is -2.19. The monoisotopic (exact) mass is 248 g/mol. The minimum atomic E-state index is -0.479. The highest BCUT2D eigenvalue weighted by molar-refractivity contribution is 5.67. The number of nitrogens with zero attached hydrogens (tertiary/aromatic N) is 1. The van der Waals surface area contributed by atoms with Crippen molar-refractivity contribution in [2.24, 2.45) is 0 Å². The molecule has 1 amide bonds. The van der Waals surface area contributed by atoms with Gasteiger partial charge in [0.1, 0.15) is 5.60 Å². The molecule has 0 aliphatic heterocycles. The molecule has 1 rings (SSSR count). The van der Waals surface area contributed by atoms with Gasteiger partial charge in [0.25, 0.3) is 0 Å². The van der Waals surface area contributed by atoms with Gasteiger partial charge in [0, 0.05) is 18.9 Å². The van der Waals surface area contributed by atoms with Crippen molar-refractivity contribution in [1.29, 1.82) is 0 Å². The first-order chi connectivity index (χ1) is 8.40. The van der Waals surface area contributed by atoms with Gasteiger partial charge in [-0.25, -0.2) is 4.79 Å². The van der Waals surface area contributed by atoms with Gasteiger partial charge in [-0.2, -0.15) is 0 Å². The van der Waals surface area contributed by atoms with Gasteiger partial charge < -0.3 is 10.1 Å². The molecular formula is C14H20N2O2. The van der Waals surface area contributed by atoms with E-state index in [1.807, 2.05) is 32.9 Å². The first kappa shape index (κ1) is 14.2. The number of hydrogen-bond acceptors (Lipinski definition) is 3. The molecule has 0 saturated carbocycles. The molecular weight excluding hydrogens is 228 g/mol. The maximum absolute atomic E-state index is 11.5. The molecule has 0 fully saturated rings. The second-order valence-corrected chi connectivity index (χ2v) is 5.05. The lowest BCUT2D eigenvalue weighted by Crippen LogP contribution is -2.32. The van der Waals surface area contributed by atoms with Crippen LogP contribution in [0.5, 0.6) is 0 Å². The summed E-state index contributed by atoms with van der Waals surface area (Å²) in [6, 6.07) is 1.99. The fourth-order valence-corrected chi connectivity index (χ4v) is 1.40. The maximum atomic E-state index is 11.5. The summed E-state index contributed by atoms with van der Waals surface area (Å²) in [6.45, 7) is 9.59. The molecule has 1 heterocycles. The first-order valence-electron chi connectivity index (χ1n) is 5.91. The highest BCUT2D eigenvalue weighted by Crippen LogP contribution is 2.07. The molecule has 0 saturated heterocycles. The quantitative estimate of drug-likeness (QED) is 0.834. The smallest absolute Gasteiger partial charge is 0.407 e. The average Bonchev–Trinajstić information content (AvgIpc) is 2.25. The zero-order valence-corrected chi connectivity index (χ0v) is 11.2. The van der Waals surface area contributed by atoms with Gasteiger partial charge in [-0.05, 0) is 38.3 Å². The van der Waals surface area contributed by atoms with Gasteiger partial charge >= 0.3 is 6.09 Å². The number of ether oxygens (including phenoxy) is 1. The van der Waals surface area contributed by atoms with Gasteiger partial charge in [-0.3, -0.25) is 4.98 Å². The summed E-state index contributed by atoms with van der Waals surface area (Å²) in [5.41, 5.74) is 1.54. The predicted molar refractivity (Wildman–Crippen MR) is 71.2 cm³/mol. The Morgan fingerprint density at radius 2 is 2.11 bits per heavy atom. The Morgan fingerprint density at radius 1 is 1.44 bits per heavy atom. The number of pyridine rings is 1. The Balaban J connectivity index is 2.50. The van der Waals surface area contributed by atoms with Crippen molar-refractivity contribution in [3.63, 3.8) is 0 Å². The van der Waals surface area contributed by atoms with E-state index in [1.54, 1.807) is 12.4 Å². The van der Waals surface area contributed by atoms with E-state index in [-0.39, 0.29) is 0 Å². The molecule has 0 aliphatic carbocycles. The van der Waals surface area contributed by atoms with Crippen LogP contribution in [0.2, 0.25) is 0 Å². The van der Waals surface area contributed by atoms with E-state index in [2.05, 4.69) is 16.9 Å². The highest BCUT2D eigenvalue weighted by Gasteiger charge is 2.15. The number of alkyl carbamates (subject to hydrolysis) is 1. The molecule has 4 heteroatoms. The molecule has 0 radical (unpaired) electrons. The third-order valence-electron chi connectivity index (χ3n) is 2.07. The Labute approximate surface area is 108 Å². The van der Waals surface area contributed by atoms with Crippen molar-refractivity contribution in [3.8, 4) is 0 Å². The Morgan fingerprint density at radius 3 is 2.72 bits per heavy atom. The molecule has 1 aromatic rings. The number of amides is 1. The van der Waals surface area contributed by atoms with Gasteiger partial charge in [0.05, 0.1) is 0 Å². The standard InChI is InChI=1S/C14H20N2O2/c1-5-6-11-7-12(9-15-8-11)10-16-13(17)18-14(2,3)4/h5,7-9H,1,6,10H2,2-4H3,(H,16,17). The van der Waals surface area contributed by atoms with Crippen LogP contribution in [0.3, 0.4) is 0 Å². The van der Waals surface area contributed by atoms with Gasteiger partial charge in [-0.15, -0.1) is 6.58 Å². The van der Waals surface area contributed by atoms with Gasteiger partial charge in [0.15, 0.2) is 0 Å². The van der Waals surface area contributed by atoms with Crippen molar-refractivity contribution in [1.82, 2.24) is 10.3 Å². The predicted octanol–water partition coefficient (Wildman–Crippen LogP) is 2.83. The van der Waals surface area contributed by atoms with Crippen LogP contribution in [0.25, 0.3) is 0 Å². The number of carbonyl (C=O) groups excluding carboxylic acids is 1. The largest absolute Gasteiger partial charge is 0.444 e. The molecule has 98 valence electrons. The fraction of sp³-hybridized carbons (Fsp3) is 0.429. The summed E-state index contributed by atoms with van der Waals surface area (Å²) in [5.74, 6) is 0. The van der Waals surface area contributed by atoms with E-state index in [1.165, 1.54) is 0 Å². The van der Waals surface area contributed by atoms with E-state index >= 15 is 0 Å². The van der Waals surface area contributed by atoms with Crippen LogP contribution >= 0.6 is 0 Å². The van der Waals surface area contributed by atoms with Crippen LogP contribution in [0, 0.1) is 0 Å². The summed E-state index contributed by atoms with van der Waals surface area (Å²) in [4.78, 5) is 15.6. The van der Waals surface area contributed by atoms with Crippen molar-refractivity contribution < 1.29 is 9.53 Å². The SMILES string of the molecule is C=CCc1cncc(CNC(=O)OC(C)(C)C)c1. The second kappa shape index (κ2) is 6.19. The van der Waals surface area contributed by atoms with Crippen molar-refractivity contribution >= 4 is 6.09 Å². The molecule has 0 aromatic carbocycles. The van der Waals surface area contributed by atoms with Crippen LogP contribution < -0.4 is 5.32 Å². The van der Waals surface area contributed by atoms with E-state index in [4.69, 9.17) is 4.74 Å². The van der Waals surface area contributed by atoms with Crippen LogP contribution in [0.1, 0.15) is 31.9 Å². The molecule has 1 aromatic heterocycles. The molecule has 0 atom stereocenters. The van der Waals surface area contributed by atoms with Crippen LogP contribution in [0.4, 0.5) is 4.79 Å². The van der Waals surface area contributed by atoms with E-state index in [0.717, 1.165) is 17.5 Å². The second-order valence-electron chi connectivity index (χ2n) is 5.05. The number of hydrogen-bond donors (Lipinski definition) is 1. The Bertz CT molecular complexity index is 422. The summed E-state index contributed by atoms with van der Waals surface area (Å²) < 4.78 is 5.15. The van der Waals surface area contributed by atoms with Gasteiger partial charge in [-0.1, -0.05) is 12.1 Å². The van der Waals surface area contributed by atoms with Crippen LogP contribution in [-0.4, -0.2) is 16.7 Å². The highest BCUT2D eigenvalue weighted by atomic mass is 16.6. The minimum absolute atomic E-state index is 0.410. The Hall–Kier alpha value is -1.84. The molecule has 4 nitrogen and oxygen atoms in total. The molecule has 0 unspecified atom stereocenters. The third-order valence-corrected chi connectivity index (χ3v) is 2.07. The zero-order chi connectivity index (χ0) is 13.6. The normalized spacial score (nSPS) is 10.8. The number of carbonyl (C=O) groups is 1. The summed E-state index contributed by atoms with van der Waals surface area (Å²) >= 11 is 0. The van der Waals surface area contributed by atoms with Crippen molar-refractivity contribution in [3.05, 3.63) is 42.2 Å². The number of nitrogens with one attached hydrogen (secondary N) is 1. The molecule has 0 aliphatic rings. The first-order valence-corrected chi connectivity index (χ1v) is 5.91. The zero-order valence-electron chi connectivity index (χ0n) is 11.2. The minimum Gasteiger partial charge on any atom is -0.444 e. The number of aromatic nitrogens is 1. The molecule has 1 N–H and O–H groups in total. The van der Waals surface area contributed by atoms with Crippen LogP contribution in [0.15, 0.2) is 31.1 Å². The number of rotatable bonds is 4. The number of allylic oxidation sites excluding steroid dienone is 1. The van der Waals surface area contributed by atoms with E-state index in [9.17, 15) is 4.79 Å². The van der Waals surface area contributed by atoms with Crippen LogP contribution in [-0.2, 0) is 17.7 Å². The maximum Gasteiger partial charge on any atom is 0.407 e. The molecule has 0 spiro atoms. The average molecular weight is 248 g/mol. The third kappa shape index (κ3) is 5.48.